The Bertz CT molecular complexity index is 2660. The monoisotopic (exact) mass is 730 g/mol. The smallest absolute Gasteiger partial charge is 0.0561 e. The molecule has 2 heteroatoms. The van der Waals surface area contributed by atoms with Crippen molar-refractivity contribution < 1.29 is 0 Å². The molecule has 0 saturated heterocycles. The van der Waals surface area contributed by atoms with Crippen LogP contribution in [0, 0.1) is 0 Å². The van der Waals surface area contributed by atoms with E-state index in [9.17, 15) is 0 Å². The second kappa shape index (κ2) is 14.2. The van der Waals surface area contributed by atoms with Crippen molar-refractivity contribution in [3.63, 3.8) is 0 Å². The van der Waals surface area contributed by atoms with Crippen molar-refractivity contribution in [2.75, 3.05) is 4.90 Å². The molecule has 1 fully saturated rings. The molecule has 0 N–H and O–H groups in total. The summed E-state index contributed by atoms with van der Waals surface area (Å²) in [4.78, 5) is 2.55. The van der Waals surface area contributed by atoms with Gasteiger partial charge in [0, 0.05) is 33.4 Å². The van der Waals surface area contributed by atoms with Crippen LogP contribution in [0.3, 0.4) is 0 Å². The number of hydrogen-bond acceptors (Lipinski definition) is 1. The Labute approximate surface area is 333 Å². The number of rotatable bonds is 6. The molecule has 0 radical (unpaired) electrons. The molecule has 0 bridgehead atoms. The number of fused-ring (bicyclic) bond motifs is 4. The van der Waals surface area contributed by atoms with Crippen LogP contribution < -0.4 is 4.90 Å². The molecule has 7 aromatic carbocycles. The van der Waals surface area contributed by atoms with Gasteiger partial charge in [0.1, 0.15) is 0 Å². The highest BCUT2D eigenvalue weighted by molar-refractivity contribution is 6.11. The number of anilines is 3. The van der Waals surface area contributed by atoms with Gasteiger partial charge in [0.15, 0.2) is 0 Å². The molecule has 2 nitrogen and oxygen atoms in total. The largest absolute Gasteiger partial charge is 0.310 e. The average molecular weight is 731 g/mol. The van der Waals surface area contributed by atoms with Crippen molar-refractivity contribution in [1.82, 2.24) is 4.57 Å². The zero-order valence-electron chi connectivity index (χ0n) is 33.9. The summed E-state index contributed by atoms with van der Waals surface area (Å²) < 4.78 is 2.44. The Hall–Kier alpha value is -5.60. The third-order valence-electron chi connectivity index (χ3n) is 12.3. The van der Waals surface area contributed by atoms with Gasteiger partial charge in [-0.1, -0.05) is 164 Å². The maximum atomic E-state index is 2.55. The minimum Gasteiger partial charge on any atom is -0.310 e. The van der Waals surface area contributed by atoms with Crippen LogP contribution in [0.5, 0.6) is 0 Å². The maximum Gasteiger partial charge on any atom is 0.0561 e. The molecule has 280 valence electrons. The molecular formula is C54H54N2. The van der Waals surface area contributed by atoms with Gasteiger partial charge in [-0.05, 0) is 111 Å². The summed E-state index contributed by atoms with van der Waals surface area (Å²) in [5, 5.41) is 5.25. The van der Waals surface area contributed by atoms with Gasteiger partial charge in [-0.2, -0.15) is 0 Å². The molecule has 0 atom stereocenters. The number of hydrogen-bond donors (Lipinski definition) is 0. The fourth-order valence-corrected chi connectivity index (χ4v) is 9.23. The Morgan fingerprint density at radius 3 is 1.86 bits per heavy atom. The topological polar surface area (TPSA) is 8.17 Å². The van der Waals surface area contributed by atoms with Crippen LogP contribution in [-0.2, 0) is 10.8 Å². The molecule has 1 aliphatic carbocycles. The molecule has 1 aliphatic rings. The lowest BCUT2D eigenvalue weighted by molar-refractivity contribution is 0.445. The van der Waals surface area contributed by atoms with Crippen molar-refractivity contribution in [3.8, 4) is 16.8 Å². The summed E-state index contributed by atoms with van der Waals surface area (Å²) in [6.45, 7) is 14.0. The van der Waals surface area contributed by atoms with Crippen molar-refractivity contribution in [1.29, 1.82) is 0 Å². The van der Waals surface area contributed by atoms with Gasteiger partial charge in [0.25, 0.3) is 0 Å². The number of benzene rings is 7. The molecule has 1 heterocycles. The predicted octanol–water partition coefficient (Wildman–Crippen LogP) is 15.7. The van der Waals surface area contributed by atoms with E-state index in [1.165, 1.54) is 110 Å². The quantitative estimate of drug-likeness (QED) is 0.165. The molecular weight excluding hydrogens is 677 g/mol. The molecule has 0 amide bonds. The lowest BCUT2D eigenvalue weighted by Crippen LogP contribution is -2.19. The first-order valence-electron chi connectivity index (χ1n) is 20.7. The number of aromatic nitrogens is 1. The summed E-state index contributed by atoms with van der Waals surface area (Å²) in [6, 6.07) is 57.2. The summed E-state index contributed by atoms with van der Waals surface area (Å²) >= 11 is 0. The van der Waals surface area contributed by atoms with Crippen LogP contribution in [0.25, 0.3) is 49.4 Å². The SMILES string of the molecule is CC(C)(C)c1cc(N(c2ccc3c4ccccc4n(-c4ccccc4)c3c2)c2ccccc2-c2cccc3cccc(C4CCCCC4)c23)cc(C(C)(C)C)c1. The summed E-state index contributed by atoms with van der Waals surface area (Å²) in [7, 11) is 0. The predicted molar refractivity (Wildman–Crippen MR) is 242 cm³/mol. The lowest BCUT2D eigenvalue weighted by Gasteiger charge is -2.32. The van der Waals surface area contributed by atoms with E-state index in [0.717, 1.165) is 5.69 Å². The van der Waals surface area contributed by atoms with E-state index in [1.807, 2.05) is 0 Å². The first kappa shape index (κ1) is 36.1. The molecule has 1 aromatic heterocycles. The number of para-hydroxylation sites is 3. The number of nitrogens with zero attached hydrogens (tertiary/aromatic N) is 2. The Morgan fingerprint density at radius 2 is 1.12 bits per heavy atom. The zero-order chi connectivity index (χ0) is 38.6. The van der Waals surface area contributed by atoms with E-state index in [4.69, 9.17) is 0 Å². The van der Waals surface area contributed by atoms with E-state index in [-0.39, 0.29) is 10.8 Å². The van der Waals surface area contributed by atoms with Crippen LogP contribution in [0.1, 0.15) is 96.3 Å². The van der Waals surface area contributed by atoms with E-state index < -0.39 is 0 Å². The molecule has 9 rings (SSSR count). The lowest BCUT2D eigenvalue weighted by atomic mass is 9.80. The van der Waals surface area contributed by atoms with Crippen molar-refractivity contribution >= 4 is 49.6 Å². The van der Waals surface area contributed by atoms with Crippen LogP contribution in [0.15, 0.2) is 152 Å². The summed E-state index contributed by atoms with van der Waals surface area (Å²) in [5.74, 6) is 0.594. The fourth-order valence-electron chi connectivity index (χ4n) is 9.23. The van der Waals surface area contributed by atoms with Gasteiger partial charge >= 0.3 is 0 Å². The van der Waals surface area contributed by atoms with E-state index in [1.54, 1.807) is 0 Å². The average Bonchev–Trinajstić information content (AvgIpc) is 3.54. The first-order chi connectivity index (χ1) is 27.1. The Balaban J connectivity index is 1.35. The zero-order valence-corrected chi connectivity index (χ0v) is 33.9. The highest BCUT2D eigenvalue weighted by atomic mass is 15.1. The van der Waals surface area contributed by atoms with Crippen LogP contribution >= 0.6 is 0 Å². The Kier molecular flexibility index (Phi) is 9.12. The molecule has 1 saturated carbocycles. The molecule has 56 heavy (non-hydrogen) atoms. The first-order valence-corrected chi connectivity index (χ1v) is 20.7. The van der Waals surface area contributed by atoms with Crippen LogP contribution in [0.4, 0.5) is 17.1 Å². The van der Waals surface area contributed by atoms with Crippen molar-refractivity contribution in [2.24, 2.45) is 0 Å². The van der Waals surface area contributed by atoms with Gasteiger partial charge in [-0.15, -0.1) is 0 Å². The third kappa shape index (κ3) is 6.49. The van der Waals surface area contributed by atoms with Crippen LogP contribution in [0.2, 0.25) is 0 Å². The van der Waals surface area contributed by atoms with Gasteiger partial charge in [-0.25, -0.2) is 0 Å². The fraction of sp³-hybridized carbons (Fsp3) is 0.259. The second-order valence-corrected chi connectivity index (χ2v) is 18.1. The minimum atomic E-state index is -0.0323. The standard InChI is InChI=1S/C54H54N2/c1-53(2,3)39-33-40(54(4,5)6)35-43(34-39)55(42-31-32-47-45-25-13-16-30-50(45)56(51(47)36-42)41-23-11-8-12-24-41)49-29-15-14-26-46(49)48-28-18-22-38-21-17-27-44(52(38)48)37-19-9-7-10-20-37/h8,11-18,21-37H,7,9-10,19-20H2,1-6H3. The highest BCUT2D eigenvalue weighted by Gasteiger charge is 2.27. The molecule has 0 spiro atoms. The molecule has 0 aliphatic heterocycles. The maximum absolute atomic E-state index is 2.55. The van der Waals surface area contributed by atoms with Crippen molar-refractivity contribution in [2.45, 2.75) is 90.4 Å². The highest BCUT2D eigenvalue weighted by Crippen LogP contribution is 2.48. The van der Waals surface area contributed by atoms with Gasteiger partial charge in [0.2, 0.25) is 0 Å². The normalized spacial score (nSPS) is 14.2. The molecule has 0 unspecified atom stereocenters. The Morgan fingerprint density at radius 1 is 0.500 bits per heavy atom. The van der Waals surface area contributed by atoms with E-state index in [2.05, 4.69) is 203 Å². The van der Waals surface area contributed by atoms with Gasteiger partial charge in [0.05, 0.1) is 16.7 Å². The minimum absolute atomic E-state index is 0.0323. The summed E-state index contributed by atoms with van der Waals surface area (Å²) in [5.41, 5.74) is 13.8. The molecule has 8 aromatic rings. The third-order valence-corrected chi connectivity index (χ3v) is 12.3. The van der Waals surface area contributed by atoms with Crippen molar-refractivity contribution in [3.05, 3.63) is 168 Å². The van der Waals surface area contributed by atoms with E-state index >= 15 is 0 Å². The van der Waals surface area contributed by atoms with Crippen LogP contribution in [-0.4, -0.2) is 4.57 Å². The second-order valence-electron chi connectivity index (χ2n) is 18.1. The van der Waals surface area contributed by atoms with Gasteiger partial charge < -0.3 is 9.47 Å². The summed E-state index contributed by atoms with van der Waals surface area (Å²) in [6.07, 6.45) is 6.52. The van der Waals surface area contributed by atoms with E-state index in [0.29, 0.717) is 5.92 Å². The van der Waals surface area contributed by atoms with Gasteiger partial charge in [-0.3, -0.25) is 0 Å².